The Labute approximate surface area is 177 Å². The van der Waals surface area contributed by atoms with Gasteiger partial charge in [0.1, 0.15) is 4.90 Å². The first kappa shape index (κ1) is 22.1. The van der Waals surface area contributed by atoms with Crippen LogP contribution in [0.4, 0.5) is 5.69 Å². The molecule has 0 spiro atoms. The molecular formula is C18H20BrClN2O3S2. The van der Waals surface area contributed by atoms with E-state index in [1.807, 2.05) is 24.3 Å². The molecule has 0 aliphatic heterocycles. The van der Waals surface area contributed by atoms with Gasteiger partial charge in [0.2, 0.25) is 5.91 Å². The summed E-state index contributed by atoms with van der Waals surface area (Å²) in [4.78, 5) is 12.1. The molecule has 27 heavy (non-hydrogen) atoms. The number of thioether (sulfide) groups is 1. The SMILES string of the molecule is CS(=O)(=O)c1c(Br)cccc1NCC(=O)NCCSCc1cccc(Cl)c1. The minimum Gasteiger partial charge on any atom is -0.375 e. The number of hydrogen-bond donors (Lipinski definition) is 2. The first-order valence-electron chi connectivity index (χ1n) is 8.08. The lowest BCUT2D eigenvalue weighted by atomic mass is 10.2. The molecule has 0 saturated heterocycles. The predicted octanol–water partition coefficient (Wildman–Crippen LogP) is 3.97. The van der Waals surface area contributed by atoms with E-state index in [2.05, 4.69) is 26.6 Å². The van der Waals surface area contributed by atoms with Crippen molar-refractivity contribution in [2.24, 2.45) is 0 Å². The van der Waals surface area contributed by atoms with Crippen molar-refractivity contribution in [3.63, 3.8) is 0 Å². The lowest BCUT2D eigenvalue weighted by Crippen LogP contribution is -2.31. The van der Waals surface area contributed by atoms with Crippen LogP contribution < -0.4 is 10.6 Å². The van der Waals surface area contributed by atoms with Crippen molar-refractivity contribution in [1.29, 1.82) is 0 Å². The highest BCUT2D eigenvalue weighted by atomic mass is 79.9. The molecule has 0 saturated carbocycles. The van der Waals surface area contributed by atoms with E-state index in [0.29, 0.717) is 21.7 Å². The Hall–Kier alpha value is -1.22. The zero-order valence-electron chi connectivity index (χ0n) is 14.7. The van der Waals surface area contributed by atoms with Gasteiger partial charge < -0.3 is 10.6 Å². The van der Waals surface area contributed by atoms with Crippen LogP contribution in [0.2, 0.25) is 5.02 Å². The minimum atomic E-state index is -3.42. The molecule has 0 aliphatic rings. The van der Waals surface area contributed by atoms with Crippen molar-refractivity contribution in [2.45, 2.75) is 10.6 Å². The molecule has 2 aromatic rings. The summed E-state index contributed by atoms with van der Waals surface area (Å²) in [5.74, 6) is 1.39. The van der Waals surface area contributed by atoms with Gasteiger partial charge in [0.05, 0.1) is 12.2 Å². The molecule has 146 valence electrons. The van der Waals surface area contributed by atoms with Crippen LogP contribution in [-0.4, -0.2) is 39.4 Å². The lowest BCUT2D eigenvalue weighted by molar-refractivity contribution is -0.119. The van der Waals surface area contributed by atoms with Crippen LogP contribution in [0.15, 0.2) is 51.8 Å². The number of sulfone groups is 1. The van der Waals surface area contributed by atoms with Gasteiger partial charge in [0, 0.05) is 33.8 Å². The van der Waals surface area contributed by atoms with Crippen LogP contribution in [0.5, 0.6) is 0 Å². The third-order valence-corrected chi connectivity index (χ3v) is 6.87. The zero-order valence-corrected chi connectivity index (χ0v) is 18.6. The first-order valence-corrected chi connectivity index (χ1v) is 12.3. The molecule has 9 heteroatoms. The molecule has 0 fully saturated rings. The second kappa shape index (κ2) is 10.4. The fourth-order valence-corrected chi connectivity index (χ4v) is 5.57. The summed E-state index contributed by atoms with van der Waals surface area (Å²) < 4.78 is 24.3. The third kappa shape index (κ3) is 7.37. The Bertz CT molecular complexity index is 907. The molecule has 0 atom stereocenters. The van der Waals surface area contributed by atoms with Gasteiger partial charge >= 0.3 is 0 Å². The Kier molecular flexibility index (Phi) is 8.47. The average molecular weight is 492 g/mol. The highest BCUT2D eigenvalue weighted by molar-refractivity contribution is 9.10. The Morgan fingerprint density at radius 3 is 2.67 bits per heavy atom. The number of benzene rings is 2. The van der Waals surface area contributed by atoms with E-state index in [4.69, 9.17) is 11.6 Å². The molecule has 2 rings (SSSR count). The van der Waals surface area contributed by atoms with E-state index in [9.17, 15) is 13.2 Å². The summed E-state index contributed by atoms with van der Waals surface area (Å²) >= 11 is 10.9. The van der Waals surface area contributed by atoms with Crippen molar-refractivity contribution in [3.8, 4) is 0 Å². The van der Waals surface area contributed by atoms with Crippen LogP contribution in [0, 0.1) is 0 Å². The van der Waals surface area contributed by atoms with Crippen LogP contribution in [0.3, 0.4) is 0 Å². The second-order valence-electron chi connectivity index (χ2n) is 5.77. The van der Waals surface area contributed by atoms with Gasteiger partial charge in [-0.05, 0) is 45.8 Å². The van der Waals surface area contributed by atoms with Crippen molar-refractivity contribution >= 4 is 60.7 Å². The van der Waals surface area contributed by atoms with Gasteiger partial charge in [-0.25, -0.2) is 8.42 Å². The highest BCUT2D eigenvalue weighted by Gasteiger charge is 2.17. The largest absolute Gasteiger partial charge is 0.375 e. The Morgan fingerprint density at radius 1 is 1.22 bits per heavy atom. The number of carbonyl (C=O) groups is 1. The maximum Gasteiger partial charge on any atom is 0.239 e. The van der Waals surface area contributed by atoms with Crippen molar-refractivity contribution in [1.82, 2.24) is 5.32 Å². The molecule has 0 aliphatic carbocycles. The molecular weight excluding hydrogens is 472 g/mol. The predicted molar refractivity (Wildman–Crippen MR) is 116 cm³/mol. The van der Waals surface area contributed by atoms with Gasteiger partial charge in [-0.1, -0.05) is 29.8 Å². The summed E-state index contributed by atoms with van der Waals surface area (Å²) in [5, 5.41) is 6.42. The minimum absolute atomic E-state index is 0.00205. The number of halogens is 2. The van der Waals surface area contributed by atoms with E-state index in [0.717, 1.165) is 23.3 Å². The van der Waals surface area contributed by atoms with Crippen molar-refractivity contribution in [2.75, 3.05) is 30.4 Å². The topological polar surface area (TPSA) is 75.3 Å². The maximum absolute atomic E-state index is 12.0. The van der Waals surface area contributed by atoms with Gasteiger partial charge in [-0.3, -0.25) is 4.79 Å². The fraction of sp³-hybridized carbons (Fsp3) is 0.278. The van der Waals surface area contributed by atoms with E-state index in [1.54, 1.807) is 30.0 Å². The smallest absolute Gasteiger partial charge is 0.239 e. The first-order chi connectivity index (χ1) is 12.8. The van der Waals surface area contributed by atoms with E-state index in [-0.39, 0.29) is 17.3 Å². The number of nitrogens with one attached hydrogen (secondary N) is 2. The monoisotopic (exact) mass is 490 g/mol. The summed E-state index contributed by atoms with van der Waals surface area (Å²) in [6, 6.07) is 12.7. The molecule has 0 bridgehead atoms. The van der Waals surface area contributed by atoms with Crippen LogP contribution >= 0.6 is 39.3 Å². The summed E-state index contributed by atoms with van der Waals surface area (Å²) in [6.45, 7) is 0.529. The molecule has 0 unspecified atom stereocenters. The number of amides is 1. The summed E-state index contributed by atoms with van der Waals surface area (Å²) in [6.07, 6.45) is 1.13. The molecule has 2 aromatic carbocycles. The molecule has 2 N–H and O–H groups in total. The molecule has 0 radical (unpaired) electrons. The number of carbonyl (C=O) groups excluding carboxylic acids is 1. The van der Waals surface area contributed by atoms with Gasteiger partial charge in [0.15, 0.2) is 9.84 Å². The number of hydrogen-bond acceptors (Lipinski definition) is 5. The van der Waals surface area contributed by atoms with E-state index < -0.39 is 9.84 Å². The quantitative estimate of drug-likeness (QED) is 0.519. The van der Waals surface area contributed by atoms with Gasteiger partial charge in [-0.15, -0.1) is 0 Å². The van der Waals surface area contributed by atoms with Crippen LogP contribution in [0.1, 0.15) is 5.56 Å². The Morgan fingerprint density at radius 2 is 1.96 bits per heavy atom. The van der Waals surface area contributed by atoms with E-state index >= 15 is 0 Å². The zero-order chi connectivity index (χ0) is 19.9. The normalized spacial score (nSPS) is 11.2. The maximum atomic E-state index is 12.0. The van der Waals surface area contributed by atoms with E-state index in [1.165, 1.54) is 0 Å². The number of rotatable bonds is 9. The molecule has 1 amide bonds. The molecule has 5 nitrogen and oxygen atoms in total. The molecule has 0 aromatic heterocycles. The van der Waals surface area contributed by atoms with Gasteiger partial charge in [-0.2, -0.15) is 11.8 Å². The number of anilines is 1. The average Bonchev–Trinajstić information content (AvgIpc) is 2.58. The standard InChI is InChI=1S/C18H20BrClN2O3S2/c1-27(24,25)18-15(19)6-3-7-16(18)22-11-17(23)21-8-9-26-12-13-4-2-5-14(20)10-13/h2-7,10,22H,8-9,11-12H2,1H3,(H,21,23). The van der Waals surface area contributed by atoms with Crippen molar-refractivity contribution < 1.29 is 13.2 Å². The summed E-state index contributed by atoms with van der Waals surface area (Å²) in [7, 11) is -3.42. The molecule has 0 heterocycles. The fourth-order valence-electron chi connectivity index (χ4n) is 2.34. The third-order valence-electron chi connectivity index (χ3n) is 3.50. The highest BCUT2D eigenvalue weighted by Crippen LogP contribution is 2.29. The second-order valence-corrected chi connectivity index (χ2v) is 10.1. The van der Waals surface area contributed by atoms with Crippen LogP contribution in [0.25, 0.3) is 0 Å². The van der Waals surface area contributed by atoms with Gasteiger partial charge in [0.25, 0.3) is 0 Å². The van der Waals surface area contributed by atoms with Crippen molar-refractivity contribution in [3.05, 3.63) is 57.5 Å². The van der Waals surface area contributed by atoms with Crippen LogP contribution in [-0.2, 0) is 20.4 Å². The Balaban J connectivity index is 1.75. The lowest BCUT2D eigenvalue weighted by Gasteiger charge is -2.12. The summed E-state index contributed by atoms with van der Waals surface area (Å²) in [5.41, 5.74) is 1.54.